The molecule has 2 saturated carbocycles. The first-order valence-electron chi connectivity index (χ1n) is 12.3. The van der Waals surface area contributed by atoms with Gasteiger partial charge in [-0.2, -0.15) is 0 Å². The lowest BCUT2D eigenvalue weighted by atomic mass is 9.84. The average molecular weight is 470 g/mol. The second kappa shape index (κ2) is 9.66. The van der Waals surface area contributed by atoms with Crippen LogP contribution >= 0.6 is 11.8 Å². The summed E-state index contributed by atoms with van der Waals surface area (Å²) in [4.78, 5) is 15.3. The van der Waals surface area contributed by atoms with Gasteiger partial charge in [0.25, 0.3) is 0 Å². The fourth-order valence-corrected chi connectivity index (χ4v) is 6.66. The van der Waals surface area contributed by atoms with E-state index in [0.29, 0.717) is 19.1 Å². The summed E-state index contributed by atoms with van der Waals surface area (Å²) in [5, 5.41) is 12.9. The number of nitrogens with one attached hydrogen (secondary N) is 1. The maximum atomic E-state index is 13.1. The van der Waals surface area contributed by atoms with Crippen LogP contribution in [0.4, 0.5) is 5.95 Å². The Labute approximate surface area is 200 Å². The van der Waals surface area contributed by atoms with E-state index in [1.54, 1.807) is 0 Å². The number of hydrogen-bond acceptors (Lipinski definition) is 6. The van der Waals surface area contributed by atoms with Crippen LogP contribution in [-0.4, -0.2) is 58.3 Å². The van der Waals surface area contributed by atoms with Crippen molar-refractivity contribution in [1.29, 1.82) is 0 Å². The first-order chi connectivity index (χ1) is 16.0. The summed E-state index contributed by atoms with van der Waals surface area (Å²) < 4.78 is 7.61. The summed E-state index contributed by atoms with van der Waals surface area (Å²) in [7, 11) is 0. The summed E-state index contributed by atoms with van der Waals surface area (Å²) in [6.07, 6.45) is 5.36. The number of nitrogens with zero attached hydrogens (tertiary/aromatic N) is 4. The molecular formula is C25H35N5O2S. The molecule has 1 aliphatic heterocycles. The predicted molar refractivity (Wildman–Crippen MR) is 131 cm³/mol. The van der Waals surface area contributed by atoms with Gasteiger partial charge in [-0.05, 0) is 69.9 Å². The molecule has 178 valence electrons. The number of fused-ring (bicyclic) bond motifs is 2. The first kappa shape index (κ1) is 22.7. The van der Waals surface area contributed by atoms with Gasteiger partial charge in [0, 0.05) is 19.1 Å². The van der Waals surface area contributed by atoms with Crippen molar-refractivity contribution in [2.24, 2.45) is 17.8 Å². The minimum absolute atomic E-state index is 0.0849. The third-order valence-electron chi connectivity index (χ3n) is 7.66. The summed E-state index contributed by atoms with van der Waals surface area (Å²) in [6.45, 7) is 9.17. The van der Waals surface area contributed by atoms with Gasteiger partial charge < -0.3 is 15.0 Å². The zero-order valence-corrected chi connectivity index (χ0v) is 20.7. The van der Waals surface area contributed by atoms with Gasteiger partial charge in [0.05, 0.1) is 24.2 Å². The third-order valence-corrected chi connectivity index (χ3v) is 8.70. The number of carbonyl (C=O) groups excluding carboxylic acids is 1. The smallest absolute Gasteiger partial charge is 0.233 e. The Bertz CT molecular complexity index is 972. The second-order valence-electron chi connectivity index (χ2n) is 9.95. The van der Waals surface area contributed by atoms with E-state index in [0.717, 1.165) is 41.7 Å². The molecule has 2 aromatic rings. The number of thioether (sulfide) groups is 1. The maximum absolute atomic E-state index is 13.1. The van der Waals surface area contributed by atoms with Gasteiger partial charge in [0.2, 0.25) is 11.9 Å². The average Bonchev–Trinajstić information content (AvgIpc) is 3.56. The van der Waals surface area contributed by atoms with E-state index in [-0.39, 0.29) is 17.2 Å². The maximum Gasteiger partial charge on any atom is 0.233 e. The van der Waals surface area contributed by atoms with Crippen LogP contribution in [0, 0.1) is 24.7 Å². The Morgan fingerprint density at radius 3 is 2.55 bits per heavy atom. The second-order valence-corrected chi connectivity index (χ2v) is 11.3. The van der Waals surface area contributed by atoms with E-state index in [9.17, 15) is 4.79 Å². The monoisotopic (exact) mass is 469 g/mol. The van der Waals surface area contributed by atoms with Crippen molar-refractivity contribution in [3.05, 3.63) is 29.8 Å². The molecule has 1 saturated heterocycles. The predicted octanol–water partition coefficient (Wildman–Crippen LogP) is 3.83. The molecule has 0 radical (unpaired) electrons. The Hall–Kier alpha value is -2.06. The van der Waals surface area contributed by atoms with Crippen LogP contribution in [0.3, 0.4) is 0 Å². The molecule has 8 heteroatoms. The van der Waals surface area contributed by atoms with Crippen LogP contribution in [0.25, 0.3) is 5.69 Å². The molecule has 0 spiro atoms. The van der Waals surface area contributed by atoms with Crippen molar-refractivity contribution in [3.8, 4) is 5.69 Å². The molecule has 5 unspecified atom stereocenters. The summed E-state index contributed by atoms with van der Waals surface area (Å²) >= 11 is 1.48. The number of morpholine rings is 1. The number of rotatable bonds is 7. The van der Waals surface area contributed by atoms with E-state index in [1.807, 2.05) is 6.92 Å². The number of benzene rings is 1. The van der Waals surface area contributed by atoms with Crippen LogP contribution in [0.1, 0.15) is 45.1 Å². The third kappa shape index (κ3) is 4.78. The topological polar surface area (TPSA) is 72.3 Å². The van der Waals surface area contributed by atoms with Crippen LogP contribution in [0.5, 0.6) is 0 Å². The fraction of sp³-hybridized carbons (Fsp3) is 0.640. The van der Waals surface area contributed by atoms with Crippen molar-refractivity contribution in [2.75, 3.05) is 31.2 Å². The molecule has 1 N–H and O–H groups in total. The molecule has 2 aliphatic carbocycles. The zero-order chi connectivity index (χ0) is 22.9. The molecule has 2 heterocycles. The number of aryl methyl sites for hydroxylation is 1. The van der Waals surface area contributed by atoms with Gasteiger partial charge in [0.15, 0.2) is 5.16 Å². The molecule has 33 heavy (non-hydrogen) atoms. The minimum Gasteiger partial charge on any atom is -0.378 e. The molecule has 1 aromatic heterocycles. The Kier molecular flexibility index (Phi) is 6.65. The quantitative estimate of drug-likeness (QED) is 0.622. The normalized spacial score (nSPS) is 26.4. The van der Waals surface area contributed by atoms with Gasteiger partial charge in [0.1, 0.15) is 0 Å². The standard InChI is InChI=1S/C25H35N5O2S/c1-16-4-8-21(9-5-16)30-24(29-10-12-32-13-11-29)27-28-25(30)33-18(3)23(31)26-17(2)22-15-19-6-7-20(22)14-19/h4-5,8-9,17-20,22H,6-7,10-15H2,1-3H3,(H,26,31). The molecule has 3 fully saturated rings. The first-order valence-corrected chi connectivity index (χ1v) is 13.2. The van der Waals surface area contributed by atoms with Crippen molar-refractivity contribution in [3.63, 3.8) is 0 Å². The number of aromatic nitrogens is 3. The molecule has 7 nitrogen and oxygen atoms in total. The lowest BCUT2D eigenvalue weighted by Gasteiger charge is -2.29. The molecule has 1 amide bonds. The number of hydrogen-bond donors (Lipinski definition) is 1. The summed E-state index contributed by atoms with van der Waals surface area (Å²) in [5.74, 6) is 3.22. The Morgan fingerprint density at radius 2 is 1.88 bits per heavy atom. The lowest BCUT2D eigenvalue weighted by Crippen LogP contribution is -2.43. The van der Waals surface area contributed by atoms with Crippen LogP contribution in [0.15, 0.2) is 29.4 Å². The fourth-order valence-electron chi connectivity index (χ4n) is 5.79. The van der Waals surface area contributed by atoms with E-state index >= 15 is 0 Å². The van der Waals surface area contributed by atoms with Crippen molar-refractivity contribution in [1.82, 2.24) is 20.1 Å². The van der Waals surface area contributed by atoms with E-state index in [4.69, 9.17) is 4.74 Å². The number of ether oxygens (including phenoxy) is 1. The minimum atomic E-state index is -0.253. The van der Waals surface area contributed by atoms with Crippen molar-refractivity contribution >= 4 is 23.6 Å². The van der Waals surface area contributed by atoms with Gasteiger partial charge >= 0.3 is 0 Å². The highest BCUT2D eigenvalue weighted by atomic mass is 32.2. The SMILES string of the molecule is Cc1ccc(-n2c(SC(C)C(=O)NC(C)C3CC4CCC3C4)nnc2N2CCOCC2)cc1. The number of amides is 1. The molecule has 5 atom stereocenters. The summed E-state index contributed by atoms with van der Waals surface area (Å²) in [5.41, 5.74) is 2.22. The highest BCUT2D eigenvalue weighted by Crippen LogP contribution is 2.49. The van der Waals surface area contributed by atoms with E-state index in [1.165, 1.54) is 43.0 Å². The Balaban J connectivity index is 1.32. The van der Waals surface area contributed by atoms with Gasteiger partial charge in [-0.25, -0.2) is 0 Å². The van der Waals surface area contributed by atoms with Crippen molar-refractivity contribution < 1.29 is 9.53 Å². The van der Waals surface area contributed by atoms with Gasteiger partial charge in [-0.3, -0.25) is 9.36 Å². The Morgan fingerprint density at radius 1 is 1.12 bits per heavy atom. The largest absolute Gasteiger partial charge is 0.378 e. The molecular weight excluding hydrogens is 434 g/mol. The molecule has 1 aromatic carbocycles. The van der Waals surface area contributed by atoms with Crippen LogP contribution < -0.4 is 10.2 Å². The molecule has 5 rings (SSSR count). The van der Waals surface area contributed by atoms with Crippen molar-refractivity contribution in [2.45, 2.75) is 62.9 Å². The number of anilines is 1. The molecule has 2 bridgehead atoms. The van der Waals surface area contributed by atoms with E-state index < -0.39 is 0 Å². The van der Waals surface area contributed by atoms with Gasteiger partial charge in [-0.15, -0.1) is 10.2 Å². The zero-order valence-electron chi connectivity index (χ0n) is 19.9. The highest BCUT2D eigenvalue weighted by molar-refractivity contribution is 8.00. The van der Waals surface area contributed by atoms with E-state index in [2.05, 4.69) is 63.1 Å². The van der Waals surface area contributed by atoms with Crippen LogP contribution in [-0.2, 0) is 9.53 Å². The van der Waals surface area contributed by atoms with Gasteiger partial charge in [-0.1, -0.05) is 35.9 Å². The molecule has 3 aliphatic rings. The lowest BCUT2D eigenvalue weighted by molar-refractivity contribution is -0.121. The van der Waals surface area contributed by atoms with Crippen LogP contribution in [0.2, 0.25) is 0 Å². The summed E-state index contributed by atoms with van der Waals surface area (Å²) in [6, 6.07) is 8.61. The highest BCUT2D eigenvalue weighted by Gasteiger charge is 2.42. The number of carbonyl (C=O) groups is 1.